The van der Waals surface area contributed by atoms with Gasteiger partial charge in [0.2, 0.25) is 0 Å². The molecule has 0 unspecified atom stereocenters. The molecular weight excluding hydrogens is 212 g/mol. The molecule has 0 bridgehead atoms. The second-order valence-electron chi connectivity index (χ2n) is 4.63. The number of amides is 1. The molecule has 2 rings (SSSR count). The van der Waals surface area contributed by atoms with Crippen molar-refractivity contribution in [3.63, 3.8) is 0 Å². The van der Waals surface area contributed by atoms with Crippen LogP contribution in [0, 0.1) is 0 Å². The Hall–Kier alpha value is -1.38. The van der Waals surface area contributed by atoms with E-state index in [2.05, 4.69) is 10.3 Å². The largest absolute Gasteiger partial charge is 0.352 e. The van der Waals surface area contributed by atoms with E-state index in [0.717, 1.165) is 11.3 Å². The van der Waals surface area contributed by atoms with Gasteiger partial charge in [-0.2, -0.15) is 0 Å². The molecule has 1 aromatic heterocycles. The molecule has 0 aromatic carbocycles. The second-order valence-corrected chi connectivity index (χ2v) is 4.63. The molecule has 0 atom stereocenters. The number of hydrogen-bond donors (Lipinski definition) is 1. The maximum atomic E-state index is 12.0. The van der Waals surface area contributed by atoms with Crippen LogP contribution in [0.25, 0.3) is 0 Å². The summed E-state index contributed by atoms with van der Waals surface area (Å²) in [5, 5.41) is 2.86. The van der Waals surface area contributed by atoms with E-state index >= 15 is 0 Å². The van der Waals surface area contributed by atoms with Gasteiger partial charge in [-0.15, -0.1) is 0 Å². The van der Waals surface area contributed by atoms with E-state index in [4.69, 9.17) is 0 Å². The average Bonchev–Trinajstić information content (AvgIpc) is 2.40. The highest BCUT2D eigenvalue weighted by atomic mass is 16.1. The van der Waals surface area contributed by atoms with E-state index < -0.39 is 0 Å². The van der Waals surface area contributed by atoms with Gasteiger partial charge in [-0.3, -0.25) is 9.78 Å². The lowest BCUT2D eigenvalue weighted by Gasteiger charge is -2.22. The molecule has 1 saturated carbocycles. The van der Waals surface area contributed by atoms with Crippen LogP contribution < -0.4 is 5.32 Å². The van der Waals surface area contributed by atoms with Crippen molar-refractivity contribution in [1.29, 1.82) is 0 Å². The zero-order valence-corrected chi connectivity index (χ0v) is 10.4. The number of pyridine rings is 1. The lowest BCUT2D eigenvalue weighted by Crippen LogP contribution is -2.25. The van der Waals surface area contributed by atoms with Crippen molar-refractivity contribution in [2.24, 2.45) is 0 Å². The number of nitrogens with one attached hydrogen (secondary N) is 1. The molecule has 1 aliphatic carbocycles. The van der Waals surface area contributed by atoms with Gasteiger partial charge in [-0.1, -0.05) is 19.3 Å². The standard InChI is InChI=1S/C14H20N2O/c1-2-15-14(17)12-9-6-10-16-13(12)11-7-4-3-5-8-11/h6,9-11H,2-5,7-8H2,1H3,(H,15,17). The van der Waals surface area contributed by atoms with Gasteiger partial charge in [0.25, 0.3) is 5.91 Å². The third-order valence-electron chi connectivity index (χ3n) is 3.41. The molecule has 3 heteroatoms. The van der Waals surface area contributed by atoms with Gasteiger partial charge >= 0.3 is 0 Å². The van der Waals surface area contributed by atoms with Crippen LogP contribution in [-0.4, -0.2) is 17.4 Å². The molecule has 0 spiro atoms. The van der Waals surface area contributed by atoms with Gasteiger partial charge < -0.3 is 5.32 Å². The number of nitrogens with zero attached hydrogens (tertiary/aromatic N) is 1. The van der Waals surface area contributed by atoms with E-state index in [1.165, 1.54) is 32.1 Å². The normalized spacial score (nSPS) is 16.8. The molecule has 3 nitrogen and oxygen atoms in total. The number of hydrogen-bond acceptors (Lipinski definition) is 2. The fourth-order valence-electron chi connectivity index (χ4n) is 2.57. The second kappa shape index (κ2) is 5.80. The van der Waals surface area contributed by atoms with Crippen LogP contribution in [0.2, 0.25) is 0 Å². The fraction of sp³-hybridized carbons (Fsp3) is 0.571. The van der Waals surface area contributed by atoms with E-state index in [9.17, 15) is 4.79 Å². The summed E-state index contributed by atoms with van der Waals surface area (Å²) in [6, 6.07) is 3.73. The number of rotatable bonds is 3. The van der Waals surface area contributed by atoms with Crippen LogP contribution in [0.15, 0.2) is 18.3 Å². The van der Waals surface area contributed by atoms with Gasteiger partial charge in [-0.25, -0.2) is 0 Å². The van der Waals surface area contributed by atoms with Crippen LogP contribution in [-0.2, 0) is 0 Å². The Morgan fingerprint density at radius 1 is 1.41 bits per heavy atom. The summed E-state index contributed by atoms with van der Waals surface area (Å²) in [4.78, 5) is 16.4. The SMILES string of the molecule is CCNC(=O)c1cccnc1C1CCCCC1. The van der Waals surface area contributed by atoms with E-state index in [1.807, 2.05) is 19.1 Å². The first-order chi connectivity index (χ1) is 8.33. The van der Waals surface area contributed by atoms with E-state index in [1.54, 1.807) is 6.20 Å². The van der Waals surface area contributed by atoms with Crippen molar-refractivity contribution < 1.29 is 4.79 Å². The maximum Gasteiger partial charge on any atom is 0.253 e. The lowest BCUT2D eigenvalue weighted by molar-refractivity contribution is 0.0953. The predicted molar refractivity (Wildman–Crippen MR) is 68.1 cm³/mol. The molecule has 0 radical (unpaired) electrons. The summed E-state index contributed by atoms with van der Waals surface area (Å²) in [5.74, 6) is 0.490. The van der Waals surface area contributed by atoms with Crippen LogP contribution in [0.4, 0.5) is 0 Å². The summed E-state index contributed by atoms with van der Waals surface area (Å²) in [6.45, 7) is 2.60. The average molecular weight is 232 g/mol. The third-order valence-corrected chi connectivity index (χ3v) is 3.41. The molecule has 0 aliphatic heterocycles. The highest BCUT2D eigenvalue weighted by molar-refractivity contribution is 5.95. The van der Waals surface area contributed by atoms with Gasteiger partial charge in [0.15, 0.2) is 0 Å². The zero-order chi connectivity index (χ0) is 12.1. The van der Waals surface area contributed by atoms with Crippen LogP contribution in [0.1, 0.15) is 61.0 Å². The molecule has 1 fully saturated rings. The summed E-state index contributed by atoms with van der Waals surface area (Å²) in [6.07, 6.45) is 7.98. The monoisotopic (exact) mass is 232 g/mol. The Labute approximate surface area is 103 Å². The molecule has 92 valence electrons. The zero-order valence-electron chi connectivity index (χ0n) is 10.4. The van der Waals surface area contributed by atoms with Crippen LogP contribution >= 0.6 is 0 Å². The van der Waals surface area contributed by atoms with Crippen molar-refractivity contribution >= 4 is 5.91 Å². The molecule has 0 saturated heterocycles. The Morgan fingerprint density at radius 2 is 2.18 bits per heavy atom. The summed E-state index contributed by atoms with van der Waals surface area (Å²) < 4.78 is 0. The summed E-state index contributed by atoms with van der Waals surface area (Å²) >= 11 is 0. The Morgan fingerprint density at radius 3 is 2.88 bits per heavy atom. The molecule has 1 aromatic rings. The van der Waals surface area contributed by atoms with Gasteiger partial charge in [0, 0.05) is 18.7 Å². The predicted octanol–water partition coefficient (Wildman–Crippen LogP) is 2.88. The first kappa shape index (κ1) is 12.1. The number of carbonyl (C=O) groups excluding carboxylic acids is 1. The minimum atomic E-state index is 0.0150. The highest BCUT2D eigenvalue weighted by Gasteiger charge is 2.22. The molecule has 1 aliphatic rings. The van der Waals surface area contributed by atoms with Crippen molar-refractivity contribution in [3.05, 3.63) is 29.6 Å². The molecular formula is C14H20N2O. The smallest absolute Gasteiger partial charge is 0.253 e. The van der Waals surface area contributed by atoms with Crippen LogP contribution in [0.3, 0.4) is 0 Å². The van der Waals surface area contributed by atoms with Gasteiger partial charge in [-0.05, 0) is 31.9 Å². The van der Waals surface area contributed by atoms with Gasteiger partial charge in [0.05, 0.1) is 11.3 Å². The molecule has 1 amide bonds. The molecule has 1 heterocycles. The van der Waals surface area contributed by atoms with E-state index in [0.29, 0.717) is 12.5 Å². The third kappa shape index (κ3) is 2.84. The lowest BCUT2D eigenvalue weighted by atomic mass is 9.85. The number of aromatic nitrogens is 1. The maximum absolute atomic E-state index is 12.0. The first-order valence-corrected chi connectivity index (χ1v) is 6.56. The Bertz CT molecular complexity index is 384. The van der Waals surface area contributed by atoms with Crippen molar-refractivity contribution in [2.45, 2.75) is 44.9 Å². The quantitative estimate of drug-likeness (QED) is 0.870. The number of carbonyl (C=O) groups is 1. The summed E-state index contributed by atoms with van der Waals surface area (Å²) in [5.41, 5.74) is 1.76. The molecule has 1 N–H and O–H groups in total. The van der Waals surface area contributed by atoms with Crippen molar-refractivity contribution in [3.8, 4) is 0 Å². The Kier molecular flexibility index (Phi) is 4.13. The fourth-order valence-corrected chi connectivity index (χ4v) is 2.57. The minimum absolute atomic E-state index is 0.0150. The molecule has 17 heavy (non-hydrogen) atoms. The van der Waals surface area contributed by atoms with Crippen molar-refractivity contribution in [1.82, 2.24) is 10.3 Å². The van der Waals surface area contributed by atoms with Crippen LogP contribution in [0.5, 0.6) is 0 Å². The highest BCUT2D eigenvalue weighted by Crippen LogP contribution is 2.32. The van der Waals surface area contributed by atoms with E-state index in [-0.39, 0.29) is 5.91 Å². The van der Waals surface area contributed by atoms with Crippen molar-refractivity contribution in [2.75, 3.05) is 6.54 Å². The Balaban J connectivity index is 2.23. The van der Waals surface area contributed by atoms with Gasteiger partial charge in [0.1, 0.15) is 0 Å². The summed E-state index contributed by atoms with van der Waals surface area (Å²) in [7, 11) is 0. The minimum Gasteiger partial charge on any atom is -0.352 e. The topological polar surface area (TPSA) is 42.0 Å². The first-order valence-electron chi connectivity index (χ1n) is 6.56.